The van der Waals surface area contributed by atoms with Crippen molar-refractivity contribution >= 4 is 26.7 Å². The van der Waals surface area contributed by atoms with Crippen molar-refractivity contribution in [3.63, 3.8) is 0 Å². The number of amides is 1. The van der Waals surface area contributed by atoms with Crippen molar-refractivity contribution in [3.8, 4) is 0 Å². The maximum absolute atomic E-state index is 11.9. The molecule has 0 aliphatic carbocycles. The van der Waals surface area contributed by atoms with Gasteiger partial charge in [-0.25, -0.2) is 12.7 Å². The second-order valence-electron chi connectivity index (χ2n) is 5.89. The molecule has 2 rings (SSSR count). The van der Waals surface area contributed by atoms with Crippen LogP contribution in [0.25, 0.3) is 10.8 Å². The largest absolute Gasteiger partial charge is 0.352 e. The molecule has 0 saturated carbocycles. The molecule has 5 nitrogen and oxygen atoms in total. The molecule has 0 saturated heterocycles. The summed E-state index contributed by atoms with van der Waals surface area (Å²) in [6, 6.07) is 14.1. The minimum atomic E-state index is -3.52. The van der Waals surface area contributed by atoms with Crippen LogP contribution in [0.2, 0.25) is 0 Å². The maximum atomic E-state index is 11.9. The van der Waals surface area contributed by atoms with E-state index in [1.807, 2.05) is 31.2 Å². The van der Waals surface area contributed by atoms with Gasteiger partial charge in [-0.05, 0) is 29.7 Å². The first-order valence-electron chi connectivity index (χ1n) is 7.45. The quantitative estimate of drug-likeness (QED) is 0.876. The van der Waals surface area contributed by atoms with Crippen LogP contribution in [0.5, 0.6) is 0 Å². The molecule has 1 atom stereocenters. The molecule has 23 heavy (non-hydrogen) atoms. The molecule has 2 aromatic rings. The second-order valence-corrected chi connectivity index (χ2v) is 8.08. The van der Waals surface area contributed by atoms with Crippen molar-refractivity contribution in [2.45, 2.75) is 19.4 Å². The molecule has 2 aromatic carbocycles. The third-order valence-electron chi connectivity index (χ3n) is 3.63. The minimum Gasteiger partial charge on any atom is -0.352 e. The van der Waals surface area contributed by atoms with E-state index in [2.05, 4.69) is 23.5 Å². The molecule has 0 aliphatic rings. The zero-order chi connectivity index (χ0) is 17.0. The number of nitrogens with one attached hydrogen (secondary N) is 1. The number of carbonyl (C=O) groups is 1. The normalized spacial score (nSPS) is 13.2. The molecule has 6 heteroatoms. The van der Waals surface area contributed by atoms with E-state index < -0.39 is 21.7 Å². The Bertz CT molecular complexity index is 800. The van der Waals surface area contributed by atoms with Crippen LogP contribution in [-0.2, 0) is 21.2 Å². The van der Waals surface area contributed by atoms with E-state index in [0.717, 1.165) is 15.3 Å². The van der Waals surface area contributed by atoms with Gasteiger partial charge >= 0.3 is 0 Å². The molecule has 1 amide bonds. The number of nitrogens with zero attached hydrogens (tertiary/aromatic N) is 1. The summed E-state index contributed by atoms with van der Waals surface area (Å²) in [6.07, 6.45) is 0.651. The van der Waals surface area contributed by atoms with Crippen LogP contribution < -0.4 is 5.32 Å². The number of benzene rings is 2. The van der Waals surface area contributed by atoms with Crippen molar-refractivity contribution < 1.29 is 13.2 Å². The van der Waals surface area contributed by atoms with Gasteiger partial charge in [-0.3, -0.25) is 4.79 Å². The highest BCUT2D eigenvalue weighted by atomic mass is 32.2. The lowest BCUT2D eigenvalue weighted by Crippen LogP contribution is -2.40. The monoisotopic (exact) mass is 334 g/mol. The molecule has 1 N–H and O–H groups in total. The number of carbonyl (C=O) groups excluding carboxylic acids is 1. The number of sulfonamides is 1. The summed E-state index contributed by atoms with van der Waals surface area (Å²) in [7, 11) is -0.688. The Labute approximate surface area is 137 Å². The van der Waals surface area contributed by atoms with Crippen LogP contribution in [0.1, 0.15) is 12.5 Å². The Morgan fingerprint density at radius 1 is 1.13 bits per heavy atom. The number of hydrogen-bond acceptors (Lipinski definition) is 3. The average Bonchev–Trinajstić information content (AvgIpc) is 2.46. The summed E-state index contributed by atoms with van der Waals surface area (Å²) in [5.74, 6) is -1.01. The molecule has 0 fully saturated rings. The molecule has 0 spiro atoms. The molecular weight excluding hydrogens is 312 g/mol. The summed E-state index contributed by atoms with van der Waals surface area (Å²) in [6.45, 7) is 1.87. The second kappa shape index (κ2) is 7.10. The zero-order valence-corrected chi connectivity index (χ0v) is 14.4. The Morgan fingerprint density at radius 2 is 1.78 bits per heavy atom. The number of hydrogen-bond donors (Lipinski definition) is 1. The van der Waals surface area contributed by atoms with Gasteiger partial charge in [-0.2, -0.15) is 0 Å². The maximum Gasteiger partial charge on any atom is 0.236 e. The van der Waals surface area contributed by atoms with Crippen LogP contribution in [0.4, 0.5) is 0 Å². The average molecular weight is 334 g/mol. The lowest BCUT2D eigenvalue weighted by molar-refractivity contribution is -0.119. The smallest absolute Gasteiger partial charge is 0.236 e. The van der Waals surface area contributed by atoms with Gasteiger partial charge in [0, 0.05) is 20.1 Å². The molecule has 0 heterocycles. The Hall–Kier alpha value is -1.92. The standard InChI is InChI=1S/C17H22N2O3S/c1-13(18-17(20)12-23(21,22)19(2)3)10-14-8-9-15-6-4-5-7-16(15)11-14/h4-9,11,13H,10,12H2,1-3H3,(H,18,20). The van der Waals surface area contributed by atoms with E-state index in [1.54, 1.807) is 0 Å². The molecule has 0 radical (unpaired) electrons. The third-order valence-corrected chi connectivity index (χ3v) is 5.37. The topological polar surface area (TPSA) is 66.5 Å². The van der Waals surface area contributed by atoms with Crippen molar-refractivity contribution in [2.24, 2.45) is 0 Å². The predicted molar refractivity (Wildman–Crippen MR) is 92.7 cm³/mol. The Balaban J connectivity index is 1.98. The van der Waals surface area contributed by atoms with E-state index in [0.29, 0.717) is 6.42 Å². The lowest BCUT2D eigenvalue weighted by Gasteiger charge is -2.16. The summed E-state index contributed by atoms with van der Waals surface area (Å²) in [4.78, 5) is 11.9. The summed E-state index contributed by atoms with van der Waals surface area (Å²) in [5.41, 5.74) is 1.10. The molecule has 0 aromatic heterocycles. The summed E-state index contributed by atoms with van der Waals surface area (Å²) in [5, 5.41) is 5.07. The first kappa shape index (κ1) is 17.4. The van der Waals surface area contributed by atoms with Crippen LogP contribution in [0, 0.1) is 0 Å². The van der Waals surface area contributed by atoms with Gasteiger partial charge in [0.2, 0.25) is 15.9 Å². The SMILES string of the molecule is CC(Cc1ccc2ccccc2c1)NC(=O)CS(=O)(=O)N(C)C. The van der Waals surface area contributed by atoms with E-state index in [4.69, 9.17) is 0 Å². The number of rotatable bonds is 6. The van der Waals surface area contributed by atoms with Gasteiger partial charge in [-0.1, -0.05) is 42.5 Å². The highest BCUT2D eigenvalue weighted by molar-refractivity contribution is 7.89. The van der Waals surface area contributed by atoms with Gasteiger partial charge in [0.25, 0.3) is 0 Å². The third kappa shape index (κ3) is 4.77. The Morgan fingerprint density at radius 3 is 2.43 bits per heavy atom. The van der Waals surface area contributed by atoms with Crippen molar-refractivity contribution in [1.29, 1.82) is 0 Å². The first-order chi connectivity index (χ1) is 10.8. The highest BCUT2D eigenvalue weighted by Gasteiger charge is 2.20. The molecule has 0 aliphatic heterocycles. The van der Waals surface area contributed by atoms with Crippen molar-refractivity contribution in [3.05, 3.63) is 48.0 Å². The molecule has 1 unspecified atom stereocenters. The van der Waals surface area contributed by atoms with E-state index in [9.17, 15) is 13.2 Å². The van der Waals surface area contributed by atoms with Gasteiger partial charge in [-0.15, -0.1) is 0 Å². The highest BCUT2D eigenvalue weighted by Crippen LogP contribution is 2.16. The first-order valence-corrected chi connectivity index (χ1v) is 9.06. The molecule has 0 bridgehead atoms. The fourth-order valence-electron chi connectivity index (χ4n) is 2.38. The van der Waals surface area contributed by atoms with Crippen LogP contribution >= 0.6 is 0 Å². The summed E-state index contributed by atoms with van der Waals surface area (Å²) < 4.78 is 24.4. The van der Waals surface area contributed by atoms with Crippen molar-refractivity contribution in [1.82, 2.24) is 9.62 Å². The van der Waals surface area contributed by atoms with Crippen LogP contribution in [0.15, 0.2) is 42.5 Å². The van der Waals surface area contributed by atoms with E-state index >= 15 is 0 Å². The molecule has 124 valence electrons. The van der Waals surface area contributed by atoms with Gasteiger partial charge in [0.05, 0.1) is 0 Å². The van der Waals surface area contributed by atoms with Gasteiger partial charge < -0.3 is 5.32 Å². The zero-order valence-electron chi connectivity index (χ0n) is 13.6. The minimum absolute atomic E-state index is 0.138. The van der Waals surface area contributed by atoms with Gasteiger partial charge in [0.1, 0.15) is 5.75 Å². The van der Waals surface area contributed by atoms with E-state index in [-0.39, 0.29) is 6.04 Å². The van der Waals surface area contributed by atoms with Gasteiger partial charge in [0.15, 0.2) is 0 Å². The van der Waals surface area contributed by atoms with Crippen molar-refractivity contribution in [2.75, 3.05) is 19.8 Å². The van der Waals surface area contributed by atoms with E-state index in [1.165, 1.54) is 19.5 Å². The fourth-order valence-corrected chi connectivity index (χ4v) is 3.05. The fraction of sp³-hybridized carbons (Fsp3) is 0.353. The lowest BCUT2D eigenvalue weighted by atomic mass is 10.0. The summed E-state index contributed by atoms with van der Waals surface area (Å²) >= 11 is 0. The van der Waals surface area contributed by atoms with Crippen LogP contribution in [-0.4, -0.2) is 44.5 Å². The van der Waals surface area contributed by atoms with Crippen LogP contribution in [0.3, 0.4) is 0 Å². The number of fused-ring (bicyclic) bond motifs is 1. The predicted octanol–water partition coefficient (Wildman–Crippen LogP) is 1.78. The Kier molecular flexibility index (Phi) is 5.38. The molecular formula is C17H22N2O3S.